The second-order valence-corrected chi connectivity index (χ2v) is 5.99. The fraction of sp³-hybridized carbons (Fsp3) is 1.00. The van der Waals surface area contributed by atoms with Crippen molar-refractivity contribution < 1.29 is 13.2 Å². The summed E-state index contributed by atoms with van der Waals surface area (Å²) in [6.45, 7) is 3.96. The van der Waals surface area contributed by atoms with Crippen LogP contribution >= 0.6 is 0 Å². The Morgan fingerprint density at radius 1 is 1.09 bits per heavy atom. The predicted molar refractivity (Wildman–Crippen MR) is 42.2 cm³/mol. The van der Waals surface area contributed by atoms with Gasteiger partial charge in [-0.05, 0) is 0 Å². The third-order valence-corrected chi connectivity index (χ3v) is 4.72. The van der Waals surface area contributed by atoms with Crippen LogP contribution in [0.2, 0.25) is 18.1 Å². The third kappa shape index (κ3) is 6.41. The maximum Gasteiger partial charge on any atom is 0.388 e. The Hall–Kier alpha value is 0.00688. The molecule has 0 rings (SSSR count). The molecular weight excluding hydrogens is 169 g/mol. The minimum Gasteiger partial charge on any atom is -0.171 e. The molecule has 0 saturated heterocycles. The van der Waals surface area contributed by atoms with Gasteiger partial charge in [-0.15, -0.1) is 0 Å². The molecule has 0 heterocycles. The highest BCUT2D eigenvalue weighted by Gasteiger charge is 2.27. The smallest absolute Gasteiger partial charge is 0.171 e. The SMILES string of the molecule is CC[Si](CC)CCC(F)(F)F. The maximum atomic E-state index is 11.7. The van der Waals surface area contributed by atoms with Crippen molar-refractivity contribution in [3.63, 3.8) is 0 Å². The van der Waals surface area contributed by atoms with Gasteiger partial charge in [-0.2, -0.15) is 13.2 Å². The van der Waals surface area contributed by atoms with E-state index in [2.05, 4.69) is 0 Å². The standard InChI is InChI=1S/C7H14F3Si/c1-3-11(4-2)6-5-7(8,9)10/h3-6H2,1-2H3. The monoisotopic (exact) mass is 183 g/mol. The summed E-state index contributed by atoms with van der Waals surface area (Å²) in [4.78, 5) is 0. The Morgan fingerprint density at radius 2 is 1.55 bits per heavy atom. The van der Waals surface area contributed by atoms with E-state index >= 15 is 0 Å². The summed E-state index contributed by atoms with van der Waals surface area (Å²) in [7, 11) is -0.676. The van der Waals surface area contributed by atoms with Crippen LogP contribution in [0.15, 0.2) is 0 Å². The van der Waals surface area contributed by atoms with Crippen LogP contribution in [0.1, 0.15) is 20.3 Å². The highest BCUT2D eigenvalue weighted by atomic mass is 28.3. The molecule has 0 aromatic carbocycles. The molecule has 0 fully saturated rings. The van der Waals surface area contributed by atoms with E-state index in [0.717, 1.165) is 12.1 Å². The second-order valence-electron chi connectivity index (χ2n) is 2.57. The molecule has 0 amide bonds. The average Bonchev–Trinajstić information content (AvgIpc) is 1.88. The molecule has 0 N–H and O–H groups in total. The summed E-state index contributed by atoms with van der Waals surface area (Å²) < 4.78 is 35.1. The molecule has 67 valence electrons. The summed E-state index contributed by atoms with van der Waals surface area (Å²) in [5.41, 5.74) is 0. The lowest BCUT2D eigenvalue weighted by molar-refractivity contribution is -0.130. The molecule has 0 nitrogen and oxygen atoms in total. The molecule has 11 heavy (non-hydrogen) atoms. The van der Waals surface area contributed by atoms with Gasteiger partial charge in [0, 0.05) is 15.2 Å². The fourth-order valence-electron chi connectivity index (χ4n) is 0.922. The molecule has 0 unspecified atom stereocenters. The Labute approximate surface area is 67.4 Å². The summed E-state index contributed by atoms with van der Waals surface area (Å²) in [5, 5.41) is 0. The van der Waals surface area contributed by atoms with Gasteiger partial charge < -0.3 is 0 Å². The van der Waals surface area contributed by atoms with Gasteiger partial charge in [0.25, 0.3) is 0 Å². The van der Waals surface area contributed by atoms with E-state index < -0.39 is 21.4 Å². The Kier molecular flexibility index (Phi) is 4.80. The number of halogens is 3. The van der Waals surface area contributed by atoms with E-state index in [0.29, 0.717) is 6.04 Å². The molecule has 0 aliphatic carbocycles. The van der Waals surface area contributed by atoms with Crippen molar-refractivity contribution in [2.75, 3.05) is 0 Å². The summed E-state index contributed by atoms with van der Waals surface area (Å²) in [6.07, 6.45) is -4.52. The van der Waals surface area contributed by atoms with Gasteiger partial charge in [0.15, 0.2) is 0 Å². The zero-order valence-corrected chi connectivity index (χ0v) is 7.96. The first-order valence-corrected chi connectivity index (χ1v) is 6.02. The summed E-state index contributed by atoms with van der Waals surface area (Å²) in [5.74, 6) is 0. The molecule has 1 radical (unpaired) electrons. The molecule has 0 aromatic rings. The second kappa shape index (κ2) is 4.80. The normalized spacial score (nSPS) is 12.5. The van der Waals surface area contributed by atoms with Crippen LogP contribution in [0.5, 0.6) is 0 Å². The van der Waals surface area contributed by atoms with E-state index in [4.69, 9.17) is 0 Å². The van der Waals surface area contributed by atoms with E-state index in [1.54, 1.807) is 0 Å². The van der Waals surface area contributed by atoms with Crippen molar-refractivity contribution in [1.29, 1.82) is 0 Å². The van der Waals surface area contributed by atoms with Crippen LogP contribution in [0, 0.1) is 0 Å². The highest BCUT2D eigenvalue weighted by Crippen LogP contribution is 2.24. The van der Waals surface area contributed by atoms with Gasteiger partial charge in [0.2, 0.25) is 0 Å². The zero-order valence-electron chi connectivity index (χ0n) is 6.96. The van der Waals surface area contributed by atoms with E-state index in [1.807, 2.05) is 13.8 Å². The van der Waals surface area contributed by atoms with Gasteiger partial charge in [0.1, 0.15) is 0 Å². The first-order valence-electron chi connectivity index (χ1n) is 3.90. The number of hydrogen-bond acceptors (Lipinski definition) is 0. The van der Waals surface area contributed by atoms with Gasteiger partial charge in [-0.1, -0.05) is 32.0 Å². The molecule has 4 heteroatoms. The van der Waals surface area contributed by atoms with Crippen molar-refractivity contribution in [2.45, 2.75) is 44.6 Å². The fourth-order valence-corrected chi connectivity index (χ4v) is 2.77. The van der Waals surface area contributed by atoms with Crippen molar-refractivity contribution in [2.24, 2.45) is 0 Å². The van der Waals surface area contributed by atoms with Gasteiger partial charge in [0.05, 0.1) is 0 Å². The van der Waals surface area contributed by atoms with Crippen LogP contribution in [0.4, 0.5) is 13.2 Å². The van der Waals surface area contributed by atoms with Crippen LogP contribution < -0.4 is 0 Å². The van der Waals surface area contributed by atoms with Crippen LogP contribution in [0.25, 0.3) is 0 Å². The topological polar surface area (TPSA) is 0 Å². The number of rotatable bonds is 4. The van der Waals surface area contributed by atoms with Crippen molar-refractivity contribution in [1.82, 2.24) is 0 Å². The number of alkyl halides is 3. The third-order valence-electron chi connectivity index (χ3n) is 1.76. The Balaban J connectivity index is 3.51. The minimum atomic E-state index is -3.94. The minimum absolute atomic E-state index is 0.390. The van der Waals surface area contributed by atoms with Crippen molar-refractivity contribution in [3.8, 4) is 0 Å². The quantitative estimate of drug-likeness (QED) is 0.585. The van der Waals surface area contributed by atoms with E-state index in [-0.39, 0.29) is 0 Å². The lowest BCUT2D eigenvalue weighted by Crippen LogP contribution is -2.15. The molecule has 0 aromatic heterocycles. The average molecular weight is 183 g/mol. The Morgan fingerprint density at radius 3 is 1.82 bits per heavy atom. The van der Waals surface area contributed by atoms with Crippen LogP contribution in [0.3, 0.4) is 0 Å². The molecule has 0 aliphatic rings. The van der Waals surface area contributed by atoms with Gasteiger partial charge in [-0.3, -0.25) is 0 Å². The molecular formula is C7H14F3Si. The van der Waals surface area contributed by atoms with Gasteiger partial charge in [-0.25, -0.2) is 0 Å². The Bertz CT molecular complexity index is 96.3. The molecule has 0 spiro atoms. The molecule has 0 bridgehead atoms. The van der Waals surface area contributed by atoms with Crippen LogP contribution in [-0.4, -0.2) is 15.0 Å². The van der Waals surface area contributed by atoms with Crippen molar-refractivity contribution >= 4 is 8.80 Å². The van der Waals surface area contributed by atoms with Crippen molar-refractivity contribution in [3.05, 3.63) is 0 Å². The molecule has 0 atom stereocenters. The van der Waals surface area contributed by atoms with Gasteiger partial charge >= 0.3 is 6.18 Å². The van der Waals surface area contributed by atoms with E-state index in [9.17, 15) is 13.2 Å². The lowest BCUT2D eigenvalue weighted by atomic mass is 10.5. The molecule has 0 aliphatic heterocycles. The predicted octanol–water partition coefficient (Wildman–Crippen LogP) is 3.47. The molecule has 0 saturated carbocycles. The first-order chi connectivity index (χ1) is 4.99. The lowest BCUT2D eigenvalue weighted by Gasteiger charge is -2.11. The summed E-state index contributed by atoms with van der Waals surface area (Å²) in [6, 6.07) is 2.30. The number of hydrogen-bond donors (Lipinski definition) is 0. The maximum absolute atomic E-state index is 11.7. The first kappa shape index (κ1) is 11.0. The highest BCUT2D eigenvalue weighted by molar-refractivity contribution is 6.58. The zero-order chi connectivity index (χ0) is 8.91. The summed E-state index contributed by atoms with van der Waals surface area (Å²) >= 11 is 0. The van der Waals surface area contributed by atoms with E-state index in [1.165, 1.54) is 0 Å². The van der Waals surface area contributed by atoms with Crippen LogP contribution in [-0.2, 0) is 0 Å². The largest absolute Gasteiger partial charge is 0.388 e.